The van der Waals surface area contributed by atoms with Crippen LogP contribution >= 0.6 is 11.3 Å². The smallest absolute Gasteiger partial charge is 0.315 e. The van der Waals surface area contributed by atoms with Crippen LogP contribution in [0.3, 0.4) is 0 Å². The lowest BCUT2D eigenvalue weighted by molar-refractivity contribution is -0.384. The SMILES string of the molecule is Cn1c(=NC(=O)c2ccc(-c3ccc([N+](=O)[O-])cc3)o2)sc2ccccc21. The van der Waals surface area contributed by atoms with Crippen molar-refractivity contribution in [3.63, 3.8) is 0 Å². The molecular weight excluding hydrogens is 366 g/mol. The zero-order valence-electron chi connectivity index (χ0n) is 14.2. The molecule has 2 heterocycles. The number of nitrogens with zero attached hydrogens (tertiary/aromatic N) is 3. The summed E-state index contributed by atoms with van der Waals surface area (Å²) in [4.78, 5) is 27.5. The van der Waals surface area contributed by atoms with Gasteiger partial charge in [0.15, 0.2) is 10.6 Å². The number of aryl methyl sites for hydroxylation is 1. The number of para-hydroxylation sites is 1. The minimum atomic E-state index is -0.481. The molecule has 134 valence electrons. The summed E-state index contributed by atoms with van der Waals surface area (Å²) in [6.07, 6.45) is 0. The van der Waals surface area contributed by atoms with Crippen LogP contribution in [0, 0.1) is 10.1 Å². The highest BCUT2D eigenvalue weighted by molar-refractivity contribution is 7.16. The minimum Gasteiger partial charge on any atom is -0.451 e. The van der Waals surface area contributed by atoms with Crippen molar-refractivity contribution in [1.29, 1.82) is 0 Å². The Hall–Kier alpha value is -3.52. The maximum atomic E-state index is 12.5. The standard InChI is InChI=1S/C19H13N3O4S/c1-21-14-4-2-3-5-17(14)27-19(21)20-18(23)16-11-10-15(26-16)12-6-8-13(9-7-12)22(24)25/h2-11H,1H3. The van der Waals surface area contributed by atoms with Gasteiger partial charge in [0.2, 0.25) is 0 Å². The molecule has 0 N–H and O–H groups in total. The Bertz CT molecular complexity index is 1230. The topological polar surface area (TPSA) is 90.6 Å². The van der Waals surface area contributed by atoms with Crippen molar-refractivity contribution in [2.24, 2.45) is 12.0 Å². The second-order valence-corrected chi connectivity index (χ2v) is 6.81. The molecular formula is C19H13N3O4S. The highest BCUT2D eigenvalue weighted by Gasteiger charge is 2.13. The minimum absolute atomic E-state index is 0.00568. The molecule has 8 heteroatoms. The quantitative estimate of drug-likeness (QED) is 0.395. The highest BCUT2D eigenvalue weighted by Crippen LogP contribution is 2.25. The molecule has 1 amide bonds. The molecule has 0 unspecified atom stereocenters. The average molecular weight is 379 g/mol. The molecule has 0 saturated carbocycles. The number of furan rings is 1. The number of rotatable bonds is 3. The Morgan fingerprint density at radius 2 is 1.85 bits per heavy atom. The lowest BCUT2D eigenvalue weighted by Crippen LogP contribution is -2.12. The van der Waals surface area contributed by atoms with E-state index in [2.05, 4.69) is 4.99 Å². The van der Waals surface area contributed by atoms with Crippen LogP contribution in [0.5, 0.6) is 0 Å². The number of hydrogen-bond donors (Lipinski definition) is 0. The lowest BCUT2D eigenvalue weighted by atomic mass is 10.1. The summed E-state index contributed by atoms with van der Waals surface area (Å²) in [5.74, 6) is 0.0790. The number of fused-ring (bicyclic) bond motifs is 1. The second kappa shape index (κ2) is 6.65. The number of nitro groups is 1. The second-order valence-electron chi connectivity index (χ2n) is 5.80. The van der Waals surface area contributed by atoms with Crippen LogP contribution in [0.4, 0.5) is 5.69 Å². The van der Waals surface area contributed by atoms with Crippen LogP contribution in [-0.4, -0.2) is 15.4 Å². The molecule has 2 aromatic carbocycles. The van der Waals surface area contributed by atoms with E-state index < -0.39 is 10.8 Å². The average Bonchev–Trinajstić information content (AvgIpc) is 3.28. The molecule has 0 aliphatic heterocycles. The van der Waals surface area contributed by atoms with Crippen LogP contribution in [-0.2, 0) is 7.05 Å². The third kappa shape index (κ3) is 3.18. The molecule has 0 atom stereocenters. The van der Waals surface area contributed by atoms with Crippen molar-refractivity contribution >= 4 is 33.1 Å². The van der Waals surface area contributed by atoms with Crippen molar-refractivity contribution in [1.82, 2.24) is 4.57 Å². The van der Waals surface area contributed by atoms with Crippen LogP contribution < -0.4 is 4.80 Å². The van der Waals surface area contributed by atoms with Crippen molar-refractivity contribution in [2.45, 2.75) is 0 Å². The summed E-state index contributed by atoms with van der Waals surface area (Å²) < 4.78 is 8.50. The molecule has 0 fully saturated rings. The maximum Gasteiger partial charge on any atom is 0.315 e. The van der Waals surface area contributed by atoms with Gasteiger partial charge in [-0.15, -0.1) is 0 Å². The summed E-state index contributed by atoms with van der Waals surface area (Å²) in [5.41, 5.74) is 1.64. The van der Waals surface area contributed by atoms with Crippen LogP contribution in [0.1, 0.15) is 10.6 Å². The molecule has 4 rings (SSSR count). The van der Waals surface area contributed by atoms with E-state index in [1.54, 1.807) is 24.3 Å². The number of aromatic nitrogens is 1. The van der Waals surface area contributed by atoms with Crippen LogP contribution in [0.2, 0.25) is 0 Å². The largest absolute Gasteiger partial charge is 0.451 e. The van der Waals surface area contributed by atoms with Crippen LogP contribution in [0.15, 0.2) is 70.1 Å². The van der Waals surface area contributed by atoms with E-state index in [1.807, 2.05) is 35.9 Å². The van der Waals surface area contributed by atoms with E-state index in [-0.39, 0.29) is 11.4 Å². The van der Waals surface area contributed by atoms with Crippen LogP contribution in [0.25, 0.3) is 21.5 Å². The van der Waals surface area contributed by atoms with E-state index in [4.69, 9.17) is 4.42 Å². The maximum absolute atomic E-state index is 12.5. The number of carbonyl (C=O) groups is 1. The number of non-ortho nitro benzene ring substituents is 1. The number of nitro benzene ring substituents is 1. The van der Waals surface area contributed by atoms with Crippen molar-refractivity contribution in [3.05, 3.63) is 81.3 Å². The van der Waals surface area contributed by atoms with Gasteiger partial charge in [0.1, 0.15) is 5.76 Å². The first-order chi connectivity index (χ1) is 13.0. The highest BCUT2D eigenvalue weighted by atomic mass is 32.1. The van der Waals surface area contributed by atoms with E-state index >= 15 is 0 Å². The van der Waals surface area contributed by atoms with Gasteiger partial charge in [-0.25, -0.2) is 0 Å². The first-order valence-electron chi connectivity index (χ1n) is 8.01. The number of carbonyl (C=O) groups excluding carboxylic acids is 1. The van der Waals surface area contributed by atoms with Gasteiger partial charge in [-0.2, -0.15) is 4.99 Å². The Morgan fingerprint density at radius 3 is 2.56 bits per heavy atom. The van der Waals surface area contributed by atoms with Crippen molar-refractivity contribution in [2.75, 3.05) is 0 Å². The van der Waals surface area contributed by atoms with E-state index in [9.17, 15) is 14.9 Å². The summed E-state index contributed by atoms with van der Waals surface area (Å²) >= 11 is 1.42. The van der Waals surface area contributed by atoms with E-state index in [1.165, 1.54) is 23.5 Å². The zero-order valence-corrected chi connectivity index (χ0v) is 15.0. The Morgan fingerprint density at radius 1 is 1.11 bits per heavy atom. The summed E-state index contributed by atoms with van der Waals surface area (Å²) in [5, 5.41) is 10.7. The molecule has 27 heavy (non-hydrogen) atoms. The van der Waals surface area contributed by atoms with Crippen molar-refractivity contribution < 1.29 is 14.1 Å². The van der Waals surface area contributed by atoms with E-state index in [0.717, 1.165) is 10.2 Å². The van der Waals surface area contributed by atoms with Gasteiger partial charge in [0, 0.05) is 24.7 Å². The molecule has 0 aliphatic carbocycles. The van der Waals surface area contributed by atoms with Gasteiger partial charge in [0.25, 0.3) is 5.69 Å². The number of benzene rings is 2. The van der Waals surface area contributed by atoms with Gasteiger partial charge in [-0.05, 0) is 36.4 Å². The predicted molar refractivity (Wildman–Crippen MR) is 101 cm³/mol. The Labute approximate surface area is 157 Å². The fourth-order valence-electron chi connectivity index (χ4n) is 2.69. The first kappa shape index (κ1) is 16.9. The number of amides is 1. The predicted octanol–water partition coefficient (Wildman–Crippen LogP) is 4.15. The fraction of sp³-hybridized carbons (Fsp3) is 0.0526. The van der Waals surface area contributed by atoms with Gasteiger partial charge in [-0.3, -0.25) is 14.9 Å². The van der Waals surface area contributed by atoms with Gasteiger partial charge >= 0.3 is 5.91 Å². The fourth-order valence-corrected chi connectivity index (χ4v) is 3.70. The summed E-state index contributed by atoms with van der Waals surface area (Å²) in [7, 11) is 1.86. The third-order valence-corrected chi connectivity index (χ3v) is 5.20. The number of thiazole rings is 1. The molecule has 0 radical (unpaired) electrons. The lowest BCUT2D eigenvalue weighted by Gasteiger charge is -1.96. The molecule has 7 nitrogen and oxygen atoms in total. The first-order valence-corrected chi connectivity index (χ1v) is 8.83. The Balaban J connectivity index is 1.65. The summed E-state index contributed by atoms with van der Waals surface area (Å²) in [6.45, 7) is 0. The monoisotopic (exact) mass is 379 g/mol. The van der Waals surface area contributed by atoms with Gasteiger partial charge < -0.3 is 8.98 Å². The molecule has 0 bridgehead atoms. The molecule has 0 spiro atoms. The van der Waals surface area contributed by atoms with Gasteiger partial charge in [0.05, 0.1) is 15.1 Å². The Kier molecular flexibility index (Phi) is 4.17. The number of hydrogen-bond acceptors (Lipinski definition) is 5. The van der Waals surface area contributed by atoms with Crippen molar-refractivity contribution in [3.8, 4) is 11.3 Å². The third-order valence-electron chi connectivity index (χ3n) is 4.09. The molecule has 0 saturated heterocycles. The summed E-state index contributed by atoms with van der Waals surface area (Å²) in [6, 6.07) is 16.9. The zero-order chi connectivity index (χ0) is 19.0. The normalized spacial score (nSPS) is 11.8. The molecule has 4 aromatic rings. The van der Waals surface area contributed by atoms with Gasteiger partial charge in [-0.1, -0.05) is 23.5 Å². The molecule has 2 aromatic heterocycles. The van der Waals surface area contributed by atoms with E-state index in [0.29, 0.717) is 16.1 Å². The molecule has 0 aliphatic rings.